The first-order valence-corrected chi connectivity index (χ1v) is 13.2. The van der Waals surface area contributed by atoms with Gasteiger partial charge in [-0.3, -0.25) is 4.68 Å². The molecule has 0 amide bonds. The Labute approximate surface area is 220 Å². The highest BCUT2D eigenvalue weighted by Gasteiger charge is 2.37. The van der Waals surface area contributed by atoms with Crippen molar-refractivity contribution in [2.24, 2.45) is 0 Å². The maximum absolute atomic E-state index is 12.4. The number of aromatic nitrogens is 2. The summed E-state index contributed by atoms with van der Waals surface area (Å²) >= 11 is 0. The maximum atomic E-state index is 12.4. The Morgan fingerprint density at radius 3 is 2.11 bits per heavy atom. The normalized spacial score (nSPS) is 15.7. The van der Waals surface area contributed by atoms with E-state index in [1.807, 2.05) is 53.5 Å². The van der Waals surface area contributed by atoms with Crippen LogP contribution in [0.4, 0.5) is 0 Å². The fourth-order valence-corrected chi connectivity index (χ4v) is 5.40. The van der Waals surface area contributed by atoms with Crippen molar-refractivity contribution in [3.63, 3.8) is 0 Å². The van der Waals surface area contributed by atoms with Gasteiger partial charge in [0, 0.05) is 12.4 Å². The van der Waals surface area contributed by atoms with Crippen molar-refractivity contribution in [2.45, 2.75) is 70.8 Å². The highest BCUT2D eigenvalue weighted by atomic mass is 16.5. The SMILES string of the molecule is CC1(C)CCC(C)(C)c2cc(Cn3cccn3)c(CCc3ccc(OC(=O)c4ccccc4)cc3)cc21. The fourth-order valence-electron chi connectivity index (χ4n) is 5.40. The molecule has 0 aliphatic heterocycles. The minimum Gasteiger partial charge on any atom is -0.423 e. The average molecular weight is 493 g/mol. The molecule has 4 heteroatoms. The summed E-state index contributed by atoms with van der Waals surface area (Å²) < 4.78 is 7.57. The Hall–Kier alpha value is -3.66. The van der Waals surface area contributed by atoms with E-state index in [4.69, 9.17) is 4.74 Å². The molecule has 1 aromatic heterocycles. The molecule has 1 aliphatic rings. The third-order valence-electron chi connectivity index (χ3n) is 7.89. The molecule has 0 fully saturated rings. The summed E-state index contributed by atoms with van der Waals surface area (Å²) in [6.07, 6.45) is 8.15. The molecular weight excluding hydrogens is 456 g/mol. The largest absolute Gasteiger partial charge is 0.423 e. The smallest absolute Gasteiger partial charge is 0.343 e. The Morgan fingerprint density at radius 1 is 0.838 bits per heavy atom. The summed E-state index contributed by atoms with van der Waals surface area (Å²) in [5.74, 6) is 0.228. The van der Waals surface area contributed by atoms with Crippen LogP contribution in [-0.2, 0) is 30.2 Å². The summed E-state index contributed by atoms with van der Waals surface area (Å²) in [4.78, 5) is 12.4. The van der Waals surface area contributed by atoms with E-state index in [1.165, 1.54) is 40.7 Å². The molecule has 37 heavy (non-hydrogen) atoms. The van der Waals surface area contributed by atoms with Crippen molar-refractivity contribution >= 4 is 5.97 Å². The minimum absolute atomic E-state index is 0.175. The number of benzene rings is 3. The van der Waals surface area contributed by atoms with Gasteiger partial charge in [0.15, 0.2) is 0 Å². The number of aryl methyl sites for hydroxylation is 2. The van der Waals surface area contributed by atoms with Crippen LogP contribution in [-0.4, -0.2) is 15.7 Å². The molecule has 0 N–H and O–H groups in total. The van der Waals surface area contributed by atoms with E-state index in [0.717, 1.165) is 19.4 Å². The van der Waals surface area contributed by atoms with Gasteiger partial charge in [-0.25, -0.2) is 4.79 Å². The quantitative estimate of drug-likeness (QED) is 0.201. The van der Waals surface area contributed by atoms with Crippen LogP contribution in [0.5, 0.6) is 5.75 Å². The average Bonchev–Trinajstić information content (AvgIpc) is 3.40. The number of hydrogen-bond donors (Lipinski definition) is 0. The number of carbonyl (C=O) groups excluding carboxylic acids is 1. The van der Waals surface area contributed by atoms with Gasteiger partial charge in [-0.2, -0.15) is 5.10 Å². The van der Waals surface area contributed by atoms with Gasteiger partial charge in [-0.1, -0.05) is 70.2 Å². The van der Waals surface area contributed by atoms with Gasteiger partial charge in [0.25, 0.3) is 0 Å². The summed E-state index contributed by atoms with van der Waals surface area (Å²) in [5, 5.41) is 4.48. The Kier molecular flexibility index (Phi) is 6.76. The predicted molar refractivity (Wildman–Crippen MR) is 148 cm³/mol. The number of hydrogen-bond acceptors (Lipinski definition) is 3. The molecule has 0 unspecified atom stereocenters. The lowest BCUT2D eigenvalue weighted by atomic mass is 9.62. The van der Waals surface area contributed by atoms with Crippen LogP contribution in [0.2, 0.25) is 0 Å². The molecule has 1 aliphatic carbocycles. The lowest BCUT2D eigenvalue weighted by Gasteiger charge is -2.42. The lowest BCUT2D eigenvalue weighted by Crippen LogP contribution is -2.34. The second-order valence-electron chi connectivity index (χ2n) is 11.5. The number of esters is 1. The van der Waals surface area contributed by atoms with Crippen LogP contribution < -0.4 is 4.74 Å². The van der Waals surface area contributed by atoms with E-state index in [2.05, 4.69) is 57.1 Å². The summed E-state index contributed by atoms with van der Waals surface area (Å²) in [6.45, 7) is 10.3. The summed E-state index contributed by atoms with van der Waals surface area (Å²) in [7, 11) is 0. The molecule has 0 radical (unpaired) electrons. The molecule has 190 valence electrons. The molecule has 3 aromatic carbocycles. The van der Waals surface area contributed by atoms with E-state index in [1.54, 1.807) is 12.1 Å². The minimum atomic E-state index is -0.337. The standard InChI is InChI=1S/C33H36N2O2/c1-32(2)17-18-33(3,4)30-22-27(23-35-20-8-19-34-35)26(21-29(30)32)14-11-24-12-15-28(16-13-24)37-31(36)25-9-6-5-7-10-25/h5-10,12-13,15-16,19-22H,11,14,17-18,23H2,1-4H3. The van der Waals surface area contributed by atoms with Crippen molar-refractivity contribution in [1.82, 2.24) is 9.78 Å². The van der Waals surface area contributed by atoms with E-state index in [0.29, 0.717) is 11.3 Å². The van der Waals surface area contributed by atoms with Crippen LogP contribution in [0.1, 0.15) is 78.7 Å². The molecular formula is C33H36N2O2. The van der Waals surface area contributed by atoms with Gasteiger partial charge >= 0.3 is 5.97 Å². The van der Waals surface area contributed by atoms with Crippen molar-refractivity contribution in [3.05, 3.63) is 119 Å². The Bertz CT molecular complexity index is 1370. The van der Waals surface area contributed by atoms with Gasteiger partial charge < -0.3 is 4.74 Å². The number of rotatable bonds is 7. The second-order valence-corrected chi connectivity index (χ2v) is 11.5. The fraction of sp³-hybridized carbons (Fsp3) is 0.333. The zero-order chi connectivity index (χ0) is 26.0. The van der Waals surface area contributed by atoms with Gasteiger partial charge in [-0.15, -0.1) is 0 Å². The molecule has 0 saturated heterocycles. The highest BCUT2D eigenvalue weighted by molar-refractivity contribution is 5.90. The Morgan fingerprint density at radius 2 is 1.49 bits per heavy atom. The third-order valence-corrected chi connectivity index (χ3v) is 7.89. The van der Waals surface area contributed by atoms with Gasteiger partial charge in [0.05, 0.1) is 12.1 Å². The van der Waals surface area contributed by atoms with Gasteiger partial charge in [-0.05, 0) is 94.7 Å². The Balaban J connectivity index is 1.37. The van der Waals surface area contributed by atoms with Crippen molar-refractivity contribution in [3.8, 4) is 5.75 Å². The molecule has 0 spiro atoms. The third kappa shape index (κ3) is 5.53. The predicted octanol–water partition coefficient (Wildman–Crippen LogP) is 7.28. The molecule has 0 saturated carbocycles. The van der Waals surface area contributed by atoms with Crippen molar-refractivity contribution < 1.29 is 9.53 Å². The van der Waals surface area contributed by atoms with E-state index >= 15 is 0 Å². The first kappa shape index (κ1) is 25.0. The van der Waals surface area contributed by atoms with Gasteiger partial charge in [0.2, 0.25) is 0 Å². The summed E-state index contributed by atoms with van der Waals surface area (Å²) in [5.41, 5.74) is 7.84. The zero-order valence-electron chi connectivity index (χ0n) is 22.3. The van der Waals surface area contributed by atoms with E-state index in [9.17, 15) is 4.79 Å². The van der Waals surface area contributed by atoms with E-state index < -0.39 is 0 Å². The van der Waals surface area contributed by atoms with Crippen LogP contribution in [0.3, 0.4) is 0 Å². The number of nitrogens with zero attached hydrogens (tertiary/aromatic N) is 2. The zero-order valence-corrected chi connectivity index (χ0v) is 22.3. The first-order valence-electron chi connectivity index (χ1n) is 13.2. The molecule has 5 rings (SSSR count). The van der Waals surface area contributed by atoms with Crippen LogP contribution >= 0.6 is 0 Å². The highest BCUT2D eigenvalue weighted by Crippen LogP contribution is 2.46. The summed E-state index contributed by atoms with van der Waals surface area (Å²) in [6, 6.07) is 23.9. The molecule has 0 atom stereocenters. The number of carbonyl (C=O) groups is 1. The van der Waals surface area contributed by atoms with Crippen LogP contribution in [0.25, 0.3) is 0 Å². The maximum Gasteiger partial charge on any atom is 0.343 e. The van der Waals surface area contributed by atoms with Crippen molar-refractivity contribution in [1.29, 1.82) is 0 Å². The molecule has 4 nitrogen and oxygen atoms in total. The van der Waals surface area contributed by atoms with Crippen molar-refractivity contribution in [2.75, 3.05) is 0 Å². The topological polar surface area (TPSA) is 44.1 Å². The molecule has 0 bridgehead atoms. The van der Waals surface area contributed by atoms with Crippen LogP contribution in [0, 0.1) is 0 Å². The second kappa shape index (κ2) is 10.0. The number of ether oxygens (including phenoxy) is 1. The van der Waals surface area contributed by atoms with Crippen LogP contribution in [0.15, 0.2) is 85.2 Å². The monoisotopic (exact) mass is 492 g/mol. The number of fused-ring (bicyclic) bond motifs is 1. The van der Waals surface area contributed by atoms with Gasteiger partial charge in [0.1, 0.15) is 5.75 Å². The lowest BCUT2D eigenvalue weighted by molar-refractivity contribution is 0.0734. The molecule has 4 aromatic rings. The van der Waals surface area contributed by atoms with E-state index in [-0.39, 0.29) is 16.8 Å². The molecule has 1 heterocycles. The first-order chi connectivity index (χ1) is 17.7.